The number of halogens is 2. The average molecular weight is 117 g/mol. The van der Waals surface area contributed by atoms with Crippen molar-refractivity contribution in [3.63, 3.8) is 0 Å². The standard InChI is InChI=1S/C3HF2N3/c4-3(5)8-2-6-1-7-8/h3H. The predicted molar refractivity (Wildman–Crippen MR) is 18.9 cm³/mol. The van der Waals surface area contributed by atoms with Crippen LogP contribution < -0.4 is 0 Å². The van der Waals surface area contributed by atoms with Crippen LogP contribution in [0.2, 0.25) is 0 Å². The topological polar surface area (TPSA) is 30.7 Å². The van der Waals surface area contributed by atoms with E-state index in [0.717, 1.165) is 0 Å². The Kier molecular flexibility index (Phi) is 1.19. The van der Waals surface area contributed by atoms with E-state index in [1.54, 1.807) is 0 Å². The second-order valence-corrected chi connectivity index (χ2v) is 1.03. The van der Waals surface area contributed by atoms with Crippen molar-refractivity contribution < 1.29 is 8.78 Å². The molecule has 1 rings (SSSR count). The molecule has 0 spiro atoms. The van der Waals surface area contributed by atoms with Crippen LogP contribution in [0.15, 0.2) is 0 Å². The summed E-state index contributed by atoms with van der Waals surface area (Å²) >= 11 is 0. The molecule has 0 aliphatic carbocycles. The molecule has 0 N–H and O–H groups in total. The van der Waals surface area contributed by atoms with Crippen LogP contribution in [0.3, 0.4) is 0 Å². The summed E-state index contributed by atoms with van der Waals surface area (Å²) < 4.78 is 23.1. The molecule has 3 nitrogen and oxygen atoms in total. The molecule has 1 aromatic rings. The van der Waals surface area contributed by atoms with Crippen LogP contribution in [0.25, 0.3) is 0 Å². The number of aromatic nitrogens is 3. The molecule has 8 heavy (non-hydrogen) atoms. The lowest BCUT2D eigenvalue weighted by Crippen LogP contribution is -1.97. The second kappa shape index (κ2) is 1.85. The van der Waals surface area contributed by atoms with E-state index >= 15 is 0 Å². The minimum absolute atomic E-state index is 0.292. The highest BCUT2D eigenvalue weighted by molar-refractivity contribution is 4.49. The van der Waals surface area contributed by atoms with Gasteiger partial charge in [-0.05, 0) is 0 Å². The van der Waals surface area contributed by atoms with Crippen molar-refractivity contribution in [2.24, 2.45) is 0 Å². The zero-order valence-corrected chi connectivity index (χ0v) is 3.67. The van der Waals surface area contributed by atoms with Crippen LogP contribution in [0.5, 0.6) is 0 Å². The third-order valence-electron chi connectivity index (χ3n) is 0.540. The summed E-state index contributed by atoms with van der Waals surface area (Å²) in [5, 5.41) is 2.99. The molecular formula is C3HF2N3. The summed E-state index contributed by atoms with van der Waals surface area (Å²) in [6, 6.07) is 0. The molecule has 42 valence electrons. The lowest BCUT2D eigenvalue weighted by molar-refractivity contribution is 0.0552. The number of hydrogen-bond acceptors (Lipinski definition) is 2. The molecule has 0 fully saturated rings. The maximum Gasteiger partial charge on any atom is 0.335 e. The Bertz CT molecular complexity index is 148. The van der Waals surface area contributed by atoms with Crippen molar-refractivity contribution >= 4 is 0 Å². The van der Waals surface area contributed by atoms with Gasteiger partial charge in [0.15, 0.2) is 0 Å². The normalized spacial score (nSPS) is 10.4. The van der Waals surface area contributed by atoms with Gasteiger partial charge >= 0.3 is 6.55 Å². The number of nitrogens with zero attached hydrogens (tertiary/aromatic N) is 3. The molecule has 2 radical (unpaired) electrons. The second-order valence-electron chi connectivity index (χ2n) is 1.03. The van der Waals surface area contributed by atoms with Gasteiger partial charge in [-0.2, -0.15) is 13.5 Å². The van der Waals surface area contributed by atoms with Gasteiger partial charge in [0, 0.05) is 0 Å². The van der Waals surface area contributed by atoms with Gasteiger partial charge in [-0.15, -0.1) is 5.10 Å². The lowest BCUT2D eigenvalue weighted by atomic mass is 11.1. The van der Waals surface area contributed by atoms with Crippen molar-refractivity contribution in [3.05, 3.63) is 12.7 Å². The monoisotopic (exact) mass is 117 g/mol. The van der Waals surface area contributed by atoms with Crippen molar-refractivity contribution in [1.29, 1.82) is 0 Å². The third-order valence-corrected chi connectivity index (χ3v) is 0.540. The van der Waals surface area contributed by atoms with Gasteiger partial charge in [0.05, 0.1) is 0 Å². The molecule has 0 amide bonds. The van der Waals surface area contributed by atoms with Crippen LogP contribution in [0.1, 0.15) is 6.55 Å². The first-order valence-corrected chi connectivity index (χ1v) is 1.79. The fraction of sp³-hybridized carbons (Fsp3) is 0.333. The number of rotatable bonds is 1. The summed E-state index contributed by atoms with van der Waals surface area (Å²) in [5.41, 5.74) is 0. The summed E-state index contributed by atoms with van der Waals surface area (Å²) in [4.78, 5) is 3.07. The molecule has 0 aromatic carbocycles. The van der Waals surface area contributed by atoms with Gasteiger partial charge in [-0.3, -0.25) is 0 Å². The van der Waals surface area contributed by atoms with E-state index in [0.29, 0.717) is 4.68 Å². The quantitative estimate of drug-likeness (QED) is 0.528. The highest BCUT2D eigenvalue weighted by Gasteiger charge is 2.03. The molecule has 0 unspecified atom stereocenters. The fourth-order valence-corrected chi connectivity index (χ4v) is 0.254. The first-order chi connectivity index (χ1) is 3.80. The van der Waals surface area contributed by atoms with Crippen molar-refractivity contribution in [3.8, 4) is 0 Å². The van der Waals surface area contributed by atoms with E-state index in [4.69, 9.17) is 0 Å². The first-order valence-electron chi connectivity index (χ1n) is 1.79. The van der Waals surface area contributed by atoms with Crippen LogP contribution in [0, 0.1) is 12.7 Å². The number of hydrogen-bond donors (Lipinski definition) is 0. The maximum absolute atomic E-state index is 11.4. The summed E-state index contributed by atoms with van der Waals surface area (Å²) in [6.07, 6.45) is 3.83. The minimum Gasteiger partial charge on any atom is -0.200 e. The molecule has 0 bridgehead atoms. The van der Waals surface area contributed by atoms with Crippen molar-refractivity contribution in [2.45, 2.75) is 6.55 Å². The summed E-state index contributed by atoms with van der Waals surface area (Å²) in [6.45, 7) is -2.66. The van der Waals surface area contributed by atoms with Gasteiger partial charge in [0.25, 0.3) is 0 Å². The van der Waals surface area contributed by atoms with Crippen LogP contribution in [-0.2, 0) is 0 Å². The zero-order valence-electron chi connectivity index (χ0n) is 3.67. The number of alkyl halides is 2. The SMILES string of the molecule is FC(F)n1[c]n[c]n1. The van der Waals surface area contributed by atoms with E-state index in [1.165, 1.54) is 0 Å². The Hall–Kier alpha value is -1.00. The lowest BCUT2D eigenvalue weighted by Gasteiger charge is -1.90. The minimum atomic E-state index is -2.66. The van der Waals surface area contributed by atoms with Gasteiger partial charge in [-0.1, -0.05) is 0 Å². The van der Waals surface area contributed by atoms with E-state index < -0.39 is 6.55 Å². The molecule has 1 heterocycles. The van der Waals surface area contributed by atoms with E-state index in [2.05, 4.69) is 10.1 Å². The Morgan fingerprint density at radius 1 is 1.50 bits per heavy atom. The molecule has 0 aliphatic rings. The van der Waals surface area contributed by atoms with Crippen molar-refractivity contribution in [2.75, 3.05) is 0 Å². The Balaban J connectivity index is 2.77. The van der Waals surface area contributed by atoms with Gasteiger partial charge in [0.2, 0.25) is 12.7 Å². The van der Waals surface area contributed by atoms with Gasteiger partial charge < -0.3 is 0 Å². The van der Waals surface area contributed by atoms with Crippen LogP contribution in [0.4, 0.5) is 8.78 Å². The summed E-state index contributed by atoms with van der Waals surface area (Å²) in [7, 11) is 0. The highest BCUT2D eigenvalue weighted by Crippen LogP contribution is 2.03. The Labute approximate surface area is 44.0 Å². The highest BCUT2D eigenvalue weighted by atomic mass is 19.3. The molecule has 0 atom stereocenters. The molecule has 5 heteroatoms. The first kappa shape index (κ1) is 5.14. The third kappa shape index (κ3) is 0.800. The van der Waals surface area contributed by atoms with E-state index in [9.17, 15) is 8.78 Å². The Morgan fingerprint density at radius 3 is 2.50 bits per heavy atom. The molecule has 0 aliphatic heterocycles. The van der Waals surface area contributed by atoms with E-state index in [1.807, 2.05) is 12.7 Å². The van der Waals surface area contributed by atoms with E-state index in [-0.39, 0.29) is 0 Å². The summed E-state index contributed by atoms with van der Waals surface area (Å²) in [5.74, 6) is 0. The van der Waals surface area contributed by atoms with Gasteiger partial charge in [0.1, 0.15) is 0 Å². The zero-order chi connectivity index (χ0) is 5.98. The average Bonchev–Trinajstić information content (AvgIpc) is 2.12. The smallest absolute Gasteiger partial charge is 0.200 e. The molecular weight excluding hydrogens is 116 g/mol. The van der Waals surface area contributed by atoms with Crippen LogP contribution >= 0.6 is 0 Å². The van der Waals surface area contributed by atoms with Gasteiger partial charge in [-0.25, -0.2) is 4.98 Å². The Morgan fingerprint density at radius 2 is 2.25 bits per heavy atom. The van der Waals surface area contributed by atoms with Crippen molar-refractivity contribution in [1.82, 2.24) is 14.8 Å². The fourth-order valence-electron chi connectivity index (χ4n) is 0.254. The molecule has 0 saturated heterocycles. The maximum atomic E-state index is 11.4. The largest absolute Gasteiger partial charge is 0.335 e. The molecule has 0 saturated carbocycles. The predicted octanol–water partition coefficient (Wildman–Crippen LogP) is 0.274. The van der Waals surface area contributed by atoms with Crippen LogP contribution in [-0.4, -0.2) is 14.8 Å². The molecule has 1 aromatic heterocycles.